The summed E-state index contributed by atoms with van der Waals surface area (Å²) in [7, 11) is -1.00. The summed E-state index contributed by atoms with van der Waals surface area (Å²) in [6.45, 7) is 11.2. The molecule has 0 aromatic heterocycles. The van der Waals surface area contributed by atoms with Crippen LogP contribution in [-0.2, 0) is 6.16 Å². The van der Waals surface area contributed by atoms with Crippen molar-refractivity contribution in [1.82, 2.24) is 0 Å². The van der Waals surface area contributed by atoms with Crippen LogP contribution in [0.5, 0.6) is 0 Å². The molecule has 0 fully saturated rings. The molecule has 0 saturated heterocycles. The van der Waals surface area contributed by atoms with Crippen LogP contribution in [0.3, 0.4) is 0 Å². The van der Waals surface area contributed by atoms with Gasteiger partial charge >= 0.3 is 0 Å². The van der Waals surface area contributed by atoms with Crippen LogP contribution in [-0.4, -0.2) is 18.5 Å². The van der Waals surface area contributed by atoms with Crippen molar-refractivity contribution in [3.63, 3.8) is 0 Å². The minimum atomic E-state index is -1.00. The van der Waals surface area contributed by atoms with Gasteiger partial charge in [0.1, 0.15) is 0 Å². The average Bonchev–Trinajstić information content (AvgIpc) is 2.97. The zero-order chi connectivity index (χ0) is 29.0. The smallest absolute Gasteiger partial charge is 0.0848 e. The molecule has 0 amide bonds. The summed E-state index contributed by atoms with van der Waals surface area (Å²) in [6.07, 6.45) is 42.8. The van der Waals surface area contributed by atoms with Gasteiger partial charge in [-0.15, -0.1) is 0 Å². The monoisotopic (exact) mass is 572 g/mol. The molecule has 1 rings (SSSR count). The molecule has 0 heterocycles. The van der Waals surface area contributed by atoms with E-state index in [1.54, 1.807) is 24.0 Å². The second-order valence-electron chi connectivity index (χ2n) is 13.0. The molecule has 1 aromatic rings. The van der Waals surface area contributed by atoms with E-state index in [0.29, 0.717) is 0 Å². The van der Waals surface area contributed by atoms with Gasteiger partial charge in [-0.1, -0.05) is 173 Å². The fraction of sp³-hybridized carbons (Fsp3) is 0.795. The number of rotatable bonds is 30. The molecular weight excluding hydrogens is 499 g/mol. The van der Waals surface area contributed by atoms with Crippen LogP contribution in [0.25, 0.3) is 6.08 Å². The van der Waals surface area contributed by atoms with Crippen molar-refractivity contribution in [3.8, 4) is 0 Å². The van der Waals surface area contributed by atoms with Gasteiger partial charge in [0.15, 0.2) is 0 Å². The molecule has 0 N–H and O–H groups in total. The molecule has 0 aliphatic rings. The van der Waals surface area contributed by atoms with Crippen molar-refractivity contribution in [2.75, 3.05) is 18.5 Å². The van der Waals surface area contributed by atoms with Gasteiger partial charge in [0.05, 0.1) is 24.6 Å². The summed E-state index contributed by atoms with van der Waals surface area (Å²) in [5, 5.41) is 0. The molecule has 0 bridgehead atoms. The van der Waals surface area contributed by atoms with Crippen molar-refractivity contribution >= 4 is 13.3 Å². The van der Waals surface area contributed by atoms with Crippen molar-refractivity contribution < 1.29 is 0 Å². The van der Waals surface area contributed by atoms with E-state index in [1.807, 2.05) is 0 Å². The van der Waals surface area contributed by atoms with E-state index in [0.717, 1.165) is 0 Å². The van der Waals surface area contributed by atoms with E-state index in [4.69, 9.17) is 0 Å². The molecular formula is C39H72P+. The summed E-state index contributed by atoms with van der Waals surface area (Å²) in [4.78, 5) is 0. The molecule has 1 aromatic carbocycles. The maximum absolute atomic E-state index is 4.19. The Morgan fingerprint density at radius 1 is 0.475 bits per heavy atom. The van der Waals surface area contributed by atoms with Crippen LogP contribution in [0.2, 0.25) is 0 Å². The van der Waals surface area contributed by atoms with Crippen molar-refractivity contribution in [2.45, 2.75) is 181 Å². The maximum Gasteiger partial charge on any atom is 0.0848 e. The third-order valence-electron chi connectivity index (χ3n) is 9.24. The Morgan fingerprint density at radius 2 is 0.800 bits per heavy atom. The lowest BCUT2D eigenvalue weighted by Crippen LogP contribution is -2.13. The first-order valence-corrected chi connectivity index (χ1v) is 20.8. The van der Waals surface area contributed by atoms with Gasteiger partial charge in [0.25, 0.3) is 0 Å². The molecule has 0 aliphatic carbocycles. The highest BCUT2D eigenvalue weighted by atomic mass is 31.2. The minimum Gasteiger partial charge on any atom is -0.0985 e. The Bertz CT molecular complexity index is 627. The van der Waals surface area contributed by atoms with E-state index < -0.39 is 7.26 Å². The van der Waals surface area contributed by atoms with Crippen LogP contribution in [0.15, 0.2) is 30.8 Å². The summed E-state index contributed by atoms with van der Waals surface area (Å²) in [5.74, 6) is 0. The Kier molecular flexibility index (Phi) is 25.5. The average molecular weight is 572 g/mol. The van der Waals surface area contributed by atoms with E-state index >= 15 is 0 Å². The standard InChI is InChI=1S/C39H72P/c1-5-9-12-15-18-21-24-29-34-40(35-30-25-22-19-16-13-10-6-2,36-31-26-23-20-17-14-11-7-3)37-39-33-28-27-32-38(39)8-4/h8,27-28,32-33H,4-7,9-26,29-31,34-37H2,1-3H3/q+1. The Balaban J connectivity index is 2.78. The predicted molar refractivity (Wildman–Crippen MR) is 190 cm³/mol. The molecule has 0 aliphatic heterocycles. The Hall–Kier alpha value is -0.610. The molecule has 232 valence electrons. The first-order chi connectivity index (χ1) is 19.7. The van der Waals surface area contributed by atoms with Gasteiger partial charge in [-0.2, -0.15) is 0 Å². The van der Waals surface area contributed by atoms with Crippen LogP contribution in [0, 0.1) is 0 Å². The highest BCUT2D eigenvalue weighted by Gasteiger charge is 2.36. The lowest BCUT2D eigenvalue weighted by atomic mass is 10.1. The second kappa shape index (κ2) is 27.2. The lowest BCUT2D eigenvalue weighted by Gasteiger charge is -2.29. The van der Waals surface area contributed by atoms with Crippen molar-refractivity contribution in [3.05, 3.63) is 42.0 Å². The molecule has 0 atom stereocenters. The fourth-order valence-electron chi connectivity index (χ4n) is 6.55. The zero-order valence-corrected chi connectivity index (χ0v) is 28.7. The fourth-order valence-corrected chi connectivity index (χ4v) is 11.4. The van der Waals surface area contributed by atoms with Gasteiger partial charge < -0.3 is 0 Å². The van der Waals surface area contributed by atoms with Gasteiger partial charge in [-0.05, 0) is 49.7 Å². The Morgan fingerprint density at radius 3 is 1.15 bits per heavy atom. The molecule has 0 unspecified atom stereocenters. The quantitative estimate of drug-likeness (QED) is 0.0636. The molecule has 0 saturated carbocycles. The first-order valence-electron chi connectivity index (χ1n) is 18.3. The van der Waals surface area contributed by atoms with Crippen molar-refractivity contribution in [1.29, 1.82) is 0 Å². The number of hydrogen-bond acceptors (Lipinski definition) is 0. The predicted octanol–water partition coefficient (Wildman–Crippen LogP) is 14.3. The van der Waals surface area contributed by atoms with Gasteiger partial charge in [-0.25, -0.2) is 0 Å². The van der Waals surface area contributed by atoms with E-state index in [1.165, 1.54) is 166 Å². The van der Waals surface area contributed by atoms with Crippen LogP contribution < -0.4 is 0 Å². The summed E-state index contributed by atoms with van der Waals surface area (Å²) in [6, 6.07) is 9.22. The minimum absolute atomic E-state index is 1.00. The number of benzene rings is 1. The van der Waals surface area contributed by atoms with Gasteiger partial charge in [0.2, 0.25) is 0 Å². The summed E-state index contributed by atoms with van der Waals surface area (Å²) in [5.41, 5.74) is 3.00. The summed E-state index contributed by atoms with van der Waals surface area (Å²) >= 11 is 0. The van der Waals surface area contributed by atoms with E-state index in [-0.39, 0.29) is 0 Å². The first kappa shape index (κ1) is 37.4. The SMILES string of the molecule is C=Cc1ccccc1C[P+](CCCCCCCCCC)(CCCCCCCCCC)CCCCCCCCCC. The molecule has 0 nitrogen and oxygen atoms in total. The topological polar surface area (TPSA) is 0 Å². The zero-order valence-electron chi connectivity index (χ0n) is 27.8. The summed E-state index contributed by atoms with van der Waals surface area (Å²) < 4.78 is 0. The molecule has 1 heteroatoms. The highest BCUT2D eigenvalue weighted by molar-refractivity contribution is 7.75. The van der Waals surface area contributed by atoms with E-state index in [2.05, 4.69) is 57.7 Å². The lowest BCUT2D eigenvalue weighted by molar-refractivity contribution is 0.580. The molecule has 40 heavy (non-hydrogen) atoms. The molecule has 0 spiro atoms. The molecule has 0 radical (unpaired) electrons. The van der Waals surface area contributed by atoms with Gasteiger partial charge in [0, 0.05) is 7.26 Å². The van der Waals surface area contributed by atoms with Crippen LogP contribution in [0.1, 0.15) is 186 Å². The van der Waals surface area contributed by atoms with Gasteiger partial charge in [-0.3, -0.25) is 0 Å². The third-order valence-corrected chi connectivity index (χ3v) is 14.0. The van der Waals surface area contributed by atoms with Crippen LogP contribution in [0.4, 0.5) is 0 Å². The van der Waals surface area contributed by atoms with E-state index in [9.17, 15) is 0 Å². The Labute approximate surface area is 254 Å². The largest absolute Gasteiger partial charge is 0.0985 e. The van der Waals surface area contributed by atoms with Crippen LogP contribution >= 0.6 is 7.26 Å². The number of unbranched alkanes of at least 4 members (excludes halogenated alkanes) is 21. The number of hydrogen-bond donors (Lipinski definition) is 0. The second-order valence-corrected chi connectivity index (χ2v) is 17.3. The normalized spacial score (nSPS) is 11.8. The third kappa shape index (κ3) is 19.5. The highest BCUT2D eigenvalue weighted by Crippen LogP contribution is 2.63. The maximum atomic E-state index is 4.19. The van der Waals surface area contributed by atoms with Crippen molar-refractivity contribution in [2.24, 2.45) is 0 Å².